The van der Waals surface area contributed by atoms with Crippen LogP contribution in [0.1, 0.15) is 24.5 Å². The number of carbonyl (C=O) groups excluding carboxylic acids is 1. The predicted molar refractivity (Wildman–Crippen MR) is 71.0 cm³/mol. The topological polar surface area (TPSA) is 66.4 Å². The Morgan fingerprint density at radius 3 is 2.50 bits per heavy atom. The van der Waals surface area contributed by atoms with E-state index in [9.17, 15) is 9.59 Å². The van der Waals surface area contributed by atoms with Gasteiger partial charge in [-0.3, -0.25) is 9.59 Å². The second-order valence-corrected chi connectivity index (χ2v) is 4.84. The van der Waals surface area contributed by atoms with Crippen LogP contribution in [0.4, 0.5) is 5.69 Å². The van der Waals surface area contributed by atoms with Gasteiger partial charge in [0.25, 0.3) is 0 Å². The van der Waals surface area contributed by atoms with Crippen LogP contribution in [-0.4, -0.2) is 17.0 Å². The molecule has 0 saturated carbocycles. The fourth-order valence-electron chi connectivity index (χ4n) is 1.63. The normalized spacial score (nSPS) is 12.0. The van der Waals surface area contributed by atoms with E-state index in [0.29, 0.717) is 10.7 Å². The molecule has 1 atom stereocenters. The first-order valence-electron chi connectivity index (χ1n) is 5.60. The first-order valence-corrected chi connectivity index (χ1v) is 5.98. The first-order chi connectivity index (χ1) is 8.31. The molecule has 0 fully saturated rings. The third kappa shape index (κ3) is 3.74. The fourth-order valence-corrected chi connectivity index (χ4v) is 2.00. The zero-order chi connectivity index (χ0) is 13.9. The van der Waals surface area contributed by atoms with Gasteiger partial charge in [0.2, 0.25) is 5.91 Å². The van der Waals surface area contributed by atoms with Crippen molar-refractivity contribution in [1.82, 2.24) is 0 Å². The van der Waals surface area contributed by atoms with Crippen LogP contribution in [0.5, 0.6) is 0 Å². The number of hydrogen-bond donors (Lipinski definition) is 2. The first kappa shape index (κ1) is 14.5. The van der Waals surface area contributed by atoms with Crippen LogP contribution < -0.4 is 5.32 Å². The van der Waals surface area contributed by atoms with Crippen LogP contribution in [0, 0.1) is 19.8 Å². The van der Waals surface area contributed by atoms with E-state index in [4.69, 9.17) is 16.7 Å². The van der Waals surface area contributed by atoms with Crippen LogP contribution >= 0.6 is 11.6 Å². The number of rotatable bonds is 4. The molecule has 0 aliphatic carbocycles. The van der Waals surface area contributed by atoms with Crippen molar-refractivity contribution in [1.29, 1.82) is 0 Å². The number of nitrogens with one attached hydrogen (secondary N) is 1. The maximum atomic E-state index is 11.7. The molecule has 1 unspecified atom stereocenters. The minimum Gasteiger partial charge on any atom is -0.481 e. The van der Waals surface area contributed by atoms with Crippen LogP contribution in [-0.2, 0) is 9.59 Å². The number of halogens is 1. The number of benzene rings is 1. The monoisotopic (exact) mass is 269 g/mol. The summed E-state index contributed by atoms with van der Waals surface area (Å²) in [4.78, 5) is 22.3. The zero-order valence-corrected chi connectivity index (χ0v) is 11.3. The lowest BCUT2D eigenvalue weighted by molar-refractivity contribution is -0.142. The van der Waals surface area contributed by atoms with Crippen molar-refractivity contribution >= 4 is 29.2 Å². The van der Waals surface area contributed by atoms with Crippen molar-refractivity contribution in [3.05, 3.63) is 28.3 Å². The molecule has 2 N–H and O–H groups in total. The van der Waals surface area contributed by atoms with Crippen molar-refractivity contribution in [2.45, 2.75) is 27.2 Å². The molecule has 1 rings (SSSR count). The molecule has 1 aromatic rings. The molecule has 0 aromatic heterocycles. The summed E-state index contributed by atoms with van der Waals surface area (Å²) >= 11 is 6.05. The molecule has 0 saturated heterocycles. The van der Waals surface area contributed by atoms with Gasteiger partial charge >= 0.3 is 5.97 Å². The van der Waals surface area contributed by atoms with E-state index in [0.717, 1.165) is 11.1 Å². The van der Waals surface area contributed by atoms with E-state index in [1.54, 1.807) is 6.07 Å². The van der Waals surface area contributed by atoms with E-state index in [1.165, 1.54) is 6.92 Å². The number of amides is 1. The summed E-state index contributed by atoms with van der Waals surface area (Å²) in [5.41, 5.74) is 2.41. The van der Waals surface area contributed by atoms with Crippen molar-refractivity contribution in [3.63, 3.8) is 0 Å². The Kier molecular flexibility index (Phi) is 4.73. The Morgan fingerprint density at radius 1 is 1.39 bits per heavy atom. The van der Waals surface area contributed by atoms with Gasteiger partial charge < -0.3 is 10.4 Å². The number of carbonyl (C=O) groups is 2. The molecular formula is C13H16ClNO3. The molecule has 98 valence electrons. The lowest BCUT2D eigenvalue weighted by atomic mass is 10.1. The van der Waals surface area contributed by atoms with E-state index in [-0.39, 0.29) is 12.3 Å². The fraction of sp³-hybridized carbons (Fsp3) is 0.385. The Hall–Kier alpha value is -1.55. The molecule has 0 radical (unpaired) electrons. The molecule has 4 nitrogen and oxygen atoms in total. The SMILES string of the molecule is Cc1cc(C)c(NC(=O)CC(C)C(=O)O)c(Cl)c1. The molecule has 0 aliphatic heterocycles. The van der Waals surface area contributed by atoms with Crippen molar-refractivity contribution in [2.75, 3.05) is 5.32 Å². The van der Waals surface area contributed by atoms with Gasteiger partial charge in [0, 0.05) is 6.42 Å². The summed E-state index contributed by atoms with van der Waals surface area (Å²) in [7, 11) is 0. The Bertz CT molecular complexity index is 462. The highest BCUT2D eigenvalue weighted by Gasteiger charge is 2.17. The van der Waals surface area contributed by atoms with Crippen LogP contribution in [0.2, 0.25) is 5.02 Å². The van der Waals surface area contributed by atoms with E-state index >= 15 is 0 Å². The molecule has 18 heavy (non-hydrogen) atoms. The highest BCUT2D eigenvalue weighted by atomic mass is 35.5. The van der Waals surface area contributed by atoms with Crippen molar-refractivity contribution in [2.24, 2.45) is 5.92 Å². The molecule has 0 heterocycles. The number of anilines is 1. The summed E-state index contributed by atoms with van der Waals surface area (Å²) < 4.78 is 0. The molecule has 1 aromatic carbocycles. The maximum absolute atomic E-state index is 11.7. The summed E-state index contributed by atoms with van der Waals surface area (Å²) in [5.74, 6) is -2.05. The zero-order valence-electron chi connectivity index (χ0n) is 10.6. The van der Waals surface area contributed by atoms with Gasteiger partial charge in [0.05, 0.1) is 16.6 Å². The third-order valence-corrected chi connectivity index (χ3v) is 2.91. The van der Waals surface area contributed by atoms with Gasteiger partial charge in [-0.15, -0.1) is 0 Å². The van der Waals surface area contributed by atoms with Crippen LogP contribution in [0.25, 0.3) is 0 Å². The smallest absolute Gasteiger partial charge is 0.306 e. The summed E-state index contributed by atoms with van der Waals surface area (Å²) in [6.45, 7) is 5.25. The summed E-state index contributed by atoms with van der Waals surface area (Å²) in [6, 6.07) is 3.66. The predicted octanol–water partition coefficient (Wildman–Crippen LogP) is 3.01. The summed E-state index contributed by atoms with van der Waals surface area (Å²) in [6.07, 6.45) is -0.0705. The van der Waals surface area contributed by atoms with Gasteiger partial charge in [0.15, 0.2) is 0 Å². The van der Waals surface area contributed by atoms with Gasteiger partial charge in [-0.25, -0.2) is 0 Å². The third-order valence-electron chi connectivity index (χ3n) is 2.61. The second kappa shape index (κ2) is 5.87. The minimum atomic E-state index is -0.989. The van der Waals surface area contributed by atoms with E-state index in [2.05, 4.69) is 5.32 Å². The number of carboxylic acid groups (broad SMARTS) is 1. The highest BCUT2D eigenvalue weighted by Crippen LogP contribution is 2.27. The number of aryl methyl sites for hydroxylation is 2. The van der Waals surface area contributed by atoms with Gasteiger partial charge in [-0.05, 0) is 31.0 Å². The van der Waals surface area contributed by atoms with E-state index < -0.39 is 11.9 Å². The molecule has 0 aliphatic rings. The number of aliphatic carboxylic acids is 1. The second-order valence-electron chi connectivity index (χ2n) is 4.43. The lowest BCUT2D eigenvalue weighted by Crippen LogP contribution is -2.20. The van der Waals surface area contributed by atoms with Crippen LogP contribution in [0.3, 0.4) is 0 Å². The average Bonchev–Trinajstić information content (AvgIpc) is 2.23. The van der Waals surface area contributed by atoms with Crippen LogP contribution in [0.15, 0.2) is 12.1 Å². The van der Waals surface area contributed by atoms with Gasteiger partial charge in [-0.1, -0.05) is 24.6 Å². The highest BCUT2D eigenvalue weighted by molar-refractivity contribution is 6.34. The molecule has 5 heteroatoms. The molecule has 1 amide bonds. The number of hydrogen-bond acceptors (Lipinski definition) is 2. The molecular weight excluding hydrogens is 254 g/mol. The maximum Gasteiger partial charge on any atom is 0.306 e. The number of carboxylic acids is 1. The average molecular weight is 270 g/mol. The van der Waals surface area contributed by atoms with E-state index in [1.807, 2.05) is 19.9 Å². The summed E-state index contributed by atoms with van der Waals surface area (Å²) in [5, 5.41) is 11.9. The largest absolute Gasteiger partial charge is 0.481 e. The van der Waals surface area contributed by atoms with Crippen molar-refractivity contribution < 1.29 is 14.7 Å². The van der Waals surface area contributed by atoms with Crippen molar-refractivity contribution in [3.8, 4) is 0 Å². The Balaban J connectivity index is 2.80. The minimum absolute atomic E-state index is 0.0705. The van der Waals surface area contributed by atoms with Gasteiger partial charge in [0.1, 0.15) is 0 Å². The molecule has 0 bridgehead atoms. The lowest BCUT2D eigenvalue weighted by Gasteiger charge is -2.12. The Labute approximate surface area is 111 Å². The van der Waals surface area contributed by atoms with Gasteiger partial charge in [-0.2, -0.15) is 0 Å². The Morgan fingerprint density at radius 2 is 2.00 bits per heavy atom. The quantitative estimate of drug-likeness (QED) is 0.883. The molecule has 0 spiro atoms. The standard InChI is InChI=1S/C13H16ClNO3/c1-7-4-8(2)12(10(14)5-7)15-11(16)6-9(3)13(17)18/h4-5,9H,6H2,1-3H3,(H,15,16)(H,17,18).